The fourth-order valence-electron chi connectivity index (χ4n) is 1.99. The van der Waals surface area contributed by atoms with E-state index in [1.807, 2.05) is 30.3 Å². The van der Waals surface area contributed by atoms with Gasteiger partial charge in [0.25, 0.3) is 0 Å². The van der Waals surface area contributed by atoms with Gasteiger partial charge in [0.15, 0.2) is 0 Å². The molecule has 0 aliphatic heterocycles. The van der Waals surface area contributed by atoms with Crippen molar-refractivity contribution < 1.29 is 29.3 Å². The molecule has 0 bridgehead atoms. The predicted octanol–water partition coefficient (Wildman–Crippen LogP) is 1.03. The predicted molar refractivity (Wildman–Crippen MR) is 89.7 cm³/mol. The Morgan fingerprint density at radius 3 is 2.44 bits per heavy atom. The second-order valence-corrected chi connectivity index (χ2v) is 5.56. The number of aliphatic carboxylic acids is 1. The largest absolute Gasteiger partial charge is 0.480 e. The van der Waals surface area contributed by atoms with Crippen LogP contribution in [0.2, 0.25) is 0 Å². The van der Waals surface area contributed by atoms with Gasteiger partial charge >= 0.3 is 12.1 Å². The lowest BCUT2D eigenvalue weighted by Gasteiger charge is -2.15. The van der Waals surface area contributed by atoms with E-state index in [4.69, 9.17) is 14.9 Å². The van der Waals surface area contributed by atoms with Crippen LogP contribution in [-0.2, 0) is 20.9 Å². The number of nitrogens with one attached hydrogen (secondary N) is 2. The summed E-state index contributed by atoms with van der Waals surface area (Å²) in [5.41, 5.74) is 0.885. The lowest BCUT2D eigenvalue weighted by molar-refractivity contribution is -0.143. The van der Waals surface area contributed by atoms with Crippen molar-refractivity contribution in [1.29, 1.82) is 0 Å². The van der Waals surface area contributed by atoms with Crippen molar-refractivity contribution in [2.45, 2.75) is 44.9 Å². The van der Waals surface area contributed by atoms with Crippen LogP contribution in [0.5, 0.6) is 0 Å². The third-order valence-electron chi connectivity index (χ3n) is 3.40. The van der Waals surface area contributed by atoms with Gasteiger partial charge in [-0.2, -0.15) is 0 Å². The molecular formula is C17H24N2O6. The minimum absolute atomic E-state index is 0.180. The van der Waals surface area contributed by atoms with Gasteiger partial charge in [0.05, 0.1) is 0 Å². The second-order valence-electron chi connectivity index (χ2n) is 5.56. The molecule has 1 rings (SSSR count). The van der Waals surface area contributed by atoms with E-state index in [0.29, 0.717) is 19.4 Å². The number of unbranched alkanes of at least 4 members (excludes halogenated alkanes) is 1. The van der Waals surface area contributed by atoms with Crippen molar-refractivity contribution in [3.8, 4) is 0 Å². The molecule has 0 aliphatic rings. The van der Waals surface area contributed by atoms with Crippen LogP contribution in [-0.4, -0.2) is 46.9 Å². The maximum atomic E-state index is 11.5. The summed E-state index contributed by atoms with van der Waals surface area (Å²) in [5.74, 6) is -1.89. The zero-order chi connectivity index (χ0) is 18.7. The van der Waals surface area contributed by atoms with Crippen LogP contribution in [0.25, 0.3) is 0 Å². The Hall–Kier alpha value is -2.61. The van der Waals surface area contributed by atoms with Gasteiger partial charge in [-0.15, -0.1) is 0 Å². The number of aliphatic hydroxyl groups is 1. The highest BCUT2D eigenvalue weighted by molar-refractivity contribution is 5.85. The van der Waals surface area contributed by atoms with E-state index in [0.717, 1.165) is 5.56 Å². The molecule has 0 unspecified atom stereocenters. The van der Waals surface area contributed by atoms with Crippen LogP contribution in [0.1, 0.15) is 31.7 Å². The molecule has 1 aromatic carbocycles. The van der Waals surface area contributed by atoms with Crippen LogP contribution in [0.4, 0.5) is 4.79 Å². The molecule has 0 heterocycles. The Balaban J connectivity index is 2.17. The van der Waals surface area contributed by atoms with Crippen LogP contribution in [0.15, 0.2) is 30.3 Å². The molecule has 25 heavy (non-hydrogen) atoms. The third kappa shape index (κ3) is 8.71. The van der Waals surface area contributed by atoms with E-state index in [2.05, 4.69) is 10.6 Å². The van der Waals surface area contributed by atoms with E-state index in [9.17, 15) is 14.4 Å². The van der Waals surface area contributed by atoms with Gasteiger partial charge in [0.1, 0.15) is 18.8 Å². The lowest BCUT2D eigenvalue weighted by atomic mass is 10.1. The molecule has 2 atom stereocenters. The Morgan fingerprint density at radius 2 is 1.84 bits per heavy atom. The number of amides is 2. The first-order valence-electron chi connectivity index (χ1n) is 8.06. The average molecular weight is 352 g/mol. The van der Waals surface area contributed by atoms with E-state index in [1.54, 1.807) is 0 Å². The number of ether oxygens (including phenoxy) is 1. The van der Waals surface area contributed by atoms with Gasteiger partial charge in [-0.05, 0) is 31.7 Å². The number of hydrogen-bond donors (Lipinski definition) is 4. The van der Waals surface area contributed by atoms with Crippen LogP contribution >= 0.6 is 0 Å². The number of carbonyl (C=O) groups excluding carboxylic acids is 2. The molecule has 0 saturated carbocycles. The number of alkyl carbamates (subject to hydrolysis) is 1. The molecule has 0 spiro atoms. The number of carbonyl (C=O) groups is 3. The molecule has 4 N–H and O–H groups in total. The first-order chi connectivity index (χ1) is 11.9. The maximum Gasteiger partial charge on any atom is 0.407 e. The van der Waals surface area contributed by atoms with Gasteiger partial charge in [-0.3, -0.25) is 4.79 Å². The topological polar surface area (TPSA) is 125 Å². The molecule has 0 aromatic heterocycles. The standard InChI is InChI=1S/C17H24N2O6/c1-12(20)15(21)19-14(16(22)23)9-5-6-10-18-17(24)25-11-13-7-3-2-4-8-13/h2-4,7-8,12,14,20H,5-6,9-11H2,1H3,(H,18,24)(H,19,21)(H,22,23)/t12-,14-/m0/s1. The van der Waals surface area contributed by atoms with Gasteiger partial charge in [-0.1, -0.05) is 30.3 Å². The summed E-state index contributed by atoms with van der Waals surface area (Å²) in [6, 6.07) is 8.21. The number of carboxylic acid groups (broad SMARTS) is 1. The number of benzene rings is 1. The van der Waals surface area contributed by atoms with E-state index in [1.165, 1.54) is 6.92 Å². The Bertz CT molecular complexity index is 562. The summed E-state index contributed by atoms with van der Waals surface area (Å²) in [4.78, 5) is 33.9. The second kappa shape index (κ2) is 11.0. The Kier molecular flexibility index (Phi) is 9.02. The molecule has 8 nitrogen and oxygen atoms in total. The summed E-state index contributed by atoms with van der Waals surface area (Å²) < 4.78 is 5.04. The molecule has 0 aliphatic carbocycles. The van der Waals surface area contributed by atoms with Gasteiger partial charge in [-0.25, -0.2) is 9.59 Å². The number of carboxylic acids is 1. The number of rotatable bonds is 10. The molecule has 2 amide bonds. The monoisotopic (exact) mass is 352 g/mol. The van der Waals surface area contributed by atoms with E-state index < -0.39 is 30.1 Å². The Morgan fingerprint density at radius 1 is 1.16 bits per heavy atom. The summed E-state index contributed by atoms with van der Waals surface area (Å²) >= 11 is 0. The molecule has 138 valence electrons. The van der Waals surface area contributed by atoms with Gasteiger partial charge in [0, 0.05) is 6.54 Å². The molecule has 8 heteroatoms. The van der Waals surface area contributed by atoms with Crippen molar-refractivity contribution >= 4 is 18.0 Å². The normalized spacial score (nSPS) is 12.7. The highest BCUT2D eigenvalue weighted by Gasteiger charge is 2.21. The molecule has 0 fully saturated rings. The minimum Gasteiger partial charge on any atom is -0.480 e. The van der Waals surface area contributed by atoms with Crippen molar-refractivity contribution in [2.75, 3.05) is 6.54 Å². The molecular weight excluding hydrogens is 328 g/mol. The zero-order valence-electron chi connectivity index (χ0n) is 14.1. The fourth-order valence-corrected chi connectivity index (χ4v) is 1.99. The van der Waals surface area contributed by atoms with Crippen molar-refractivity contribution in [3.63, 3.8) is 0 Å². The van der Waals surface area contributed by atoms with Gasteiger partial charge < -0.3 is 25.6 Å². The maximum absolute atomic E-state index is 11.5. The fraction of sp³-hybridized carbons (Fsp3) is 0.471. The Labute approximate surface area is 146 Å². The third-order valence-corrected chi connectivity index (χ3v) is 3.40. The first kappa shape index (κ1) is 20.4. The van der Waals surface area contributed by atoms with E-state index >= 15 is 0 Å². The highest BCUT2D eigenvalue weighted by Crippen LogP contribution is 2.03. The minimum atomic E-state index is -1.26. The van der Waals surface area contributed by atoms with Crippen LogP contribution < -0.4 is 10.6 Å². The molecule has 0 saturated heterocycles. The molecule has 1 aromatic rings. The number of hydrogen-bond acceptors (Lipinski definition) is 5. The lowest BCUT2D eigenvalue weighted by Crippen LogP contribution is -2.44. The average Bonchev–Trinajstić information content (AvgIpc) is 2.59. The summed E-state index contributed by atoms with van der Waals surface area (Å²) in [7, 11) is 0. The van der Waals surface area contributed by atoms with Crippen LogP contribution in [0, 0.1) is 0 Å². The quantitative estimate of drug-likeness (QED) is 0.466. The smallest absolute Gasteiger partial charge is 0.407 e. The highest BCUT2D eigenvalue weighted by atomic mass is 16.5. The first-order valence-corrected chi connectivity index (χ1v) is 8.06. The summed E-state index contributed by atoms with van der Waals surface area (Å²) in [6.45, 7) is 1.78. The van der Waals surface area contributed by atoms with Crippen molar-refractivity contribution in [3.05, 3.63) is 35.9 Å². The van der Waals surface area contributed by atoms with E-state index in [-0.39, 0.29) is 13.0 Å². The summed E-state index contributed by atoms with van der Waals surface area (Å²) in [6.07, 6.45) is -0.580. The van der Waals surface area contributed by atoms with Crippen LogP contribution in [0.3, 0.4) is 0 Å². The van der Waals surface area contributed by atoms with Crippen molar-refractivity contribution in [1.82, 2.24) is 10.6 Å². The van der Waals surface area contributed by atoms with Crippen molar-refractivity contribution in [2.24, 2.45) is 0 Å². The zero-order valence-corrected chi connectivity index (χ0v) is 14.1. The van der Waals surface area contributed by atoms with Gasteiger partial charge in [0.2, 0.25) is 5.91 Å². The summed E-state index contributed by atoms with van der Waals surface area (Å²) in [5, 5.41) is 23.0. The SMILES string of the molecule is C[C@H](O)C(=O)N[C@@H](CCCCNC(=O)OCc1ccccc1)C(=O)O. The molecule has 0 radical (unpaired) electrons. The number of aliphatic hydroxyl groups excluding tert-OH is 1.